The SMILES string of the molecule is CS(=O)(=O)C1CSCCN1c1ccc(N)c(C#N)c1. The Morgan fingerprint density at radius 1 is 1.53 bits per heavy atom. The van der Waals surface area contributed by atoms with E-state index in [2.05, 4.69) is 0 Å². The number of hydrogen-bond acceptors (Lipinski definition) is 6. The average Bonchev–Trinajstić information content (AvgIpc) is 2.38. The smallest absolute Gasteiger partial charge is 0.169 e. The van der Waals surface area contributed by atoms with Crippen molar-refractivity contribution >= 4 is 33.0 Å². The number of thioether (sulfide) groups is 1. The standard InChI is InChI=1S/C12H15N3O2S2/c1-19(16,17)12-8-18-5-4-15(12)10-2-3-11(14)9(6-10)7-13/h2-3,6,12H,4-5,8,14H2,1H3. The van der Waals surface area contributed by atoms with Crippen LogP contribution in [0.4, 0.5) is 11.4 Å². The molecule has 2 rings (SSSR count). The van der Waals surface area contributed by atoms with Crippen LogP contribution in [0.2, 0.25) is 0 Å². The van der Waals surface area contributed by atoms with E-state index in [4.69, 9.17) is 11.0 Å². The molecule has 0 saturated carbocycles. The molecule has 1 aliphatic rings. The number of nitrogens with two attached hydrogens (primary N) is 1. The molecule has 2 N–H and O–H groups in total. The van der Waals surface area contributed by atoms with Crippen molar-refractivity contribution in [3.8, 4) is 6.07 Å². The Balaban J connectivity index is 2.41. The summed E-state index contributed by atoms with van der Waals surface area (Å²) in [5.41, 5.74) is 7.21. The van der Waals surface area contributed by atoms with Crippen LogP contribution in [0.1, 0.15) is 5.56 Å². The van der Waals surface area contributed by atoms with Crippen LogP contribution in [0.15, 0.2) is 18.2 Å². The van der Waals surface area contributed by atoms with E-state index in [1.807, 2.05) is 11.0 Å². The van der Waals surface area contributed by atoms with E-state index in [-0.39, 0.29) is 0 Å². The highest BCUT2D eigenvalue weighted by Crippen LogP contribution is 2.28. The highest BCUT2D eigenvalue weighted by atomic mass is 32.2. The summed E-state index contributed by atoms with van der Waals surface area (Å²) in [6, 6.07) is 7.09. The zero-order chi connectivity index (χ0) is 14.0. The van der Waals surface area contributed by atoms with Crippen LogP contribution < -0.4 is 10.6 Å². The Hall–Kier alpha value is -1.39. The van der Waals surface area contributed by atoms with Crippen molar-refractivity contribution in [2.45, 2.75) is 5.37 Å². The molecule has 19 heavy (non-hydrogen) atoms. The molecule has 1 fully saturated rings. The van der Waals surface area contributed by atoms with E-state index < -0.39 is 15.2 Å². The number of nitrogens with zero attached hydrogens (tertiary/aromatic N) is 2. The van der Waals surface area contributed by atoms with Gasteiger partial charge in [-0.05, 0) is 18.2 Å². The van der Waals surface area contributed by atoms with E-state index in [1.165, 1.54) is 6.26 Å². The van der Waals surface area contributed by atoms with E-state index in [0.717, 1.165) is 11.4 Å². The molecular weight excluding hydrogens is 282 g/mol. The largest absolute Gasteiger partial charge is 0.398 e. The molecule has 1 aliphatic heterocycles. The van der Waals surface area contributed by atoms with Gasteiger partial charge in [0.05, 0.1) is 5.56 Å². The lowest BCUT2D eigenvalue weighted by Crippen LogP contribution is -2.47. The van der Waals surface area contributed by atoms with Gasteiger partial charge in [0.25, 0.3) is 0 Å². The van der Waals surface area contributed by atoms with Crippen molar-refractivity contribution < 1.29 is 8.42 Å². The first-order chi connectivity index (χ1) is 8.93. The maximum atomic E-state index is 11.8. The minimum Gasteiger partial charge on any atom is -0.398 e. The van der Waals surface area contributed by atoms with Crippen molar-refractivity contribution in [3.63, 3.8) is 0 Å². The minimum atomic E-state index is -3.16. The number of nitriles is 1. The lowest BCUT2D eigenvalue weighted by Gasteiger charge is -2.36. The summed E-state index contributed by atoms with van der Waals surface area (Å²) in [6.07, 6.45) is 1.25. The number of rotatable bonds is 2. The molecule has 1 aromatic carbocycles. The van der Waals surface area contributed by atoms with Gasteiger partial charge >= 0.3 is 0 Å². The van der Waals surface area contributed by atoms with Crippen LogP contribution in [0, 0.1) is 11.3 Å². The van der Waals surface area contributed by atoms with Crippen LogP contribution in [0.3, 0.4) is 0 Å². The number of nitrogen functional groups attached to an aromatic ring is 1. The Labute approximate surface area is 117 Å². The molecule has 1 heterocycles. The van der Waals surface area contributed by atoms with Gasteiger partial charge in [-0.25, -0.2) is 8.42 Å². The number of hydrogen-bond donors (Lipinski definition) is 1. The fourth-order valence-electron chi connectivity index (χ4n) is 2.05. The lowest BCUT2D eigenvalue weighted by molar-refractivity contribution is 0.584. The molecular formula is C12H15N3O2S2. The third-order valence-corrected chi connectivity index (χ3v) is 5.71. The second kappa shape index (κ2) is 5.31. The van der Waals surface area contributed by atoms with Gasteiger partial charge < -0.3 is 10.6 Å². The number of sulfone groups is 1. The summed E-state index contributed by atoms with van der Waals surface area (Å²) in [6.45, 7) is 0.650. The Kier molecular flexibility index (Phi) is 3.92. The van der Waals surface area contributed by atoms with Crippen LogP contribution >= 0.6 is 11.8 Å². The second-order valence-corrected chi connectivity index (χ2v) is 7.79. The van der Waals surface area contributed by atoms with Crippen LogP contribution in [0.5, 0.6) is 0 Å². The topological polar surface area (TPSA) is 87.2 Å². The first-order valence-corrected chi connectivity index (χ1v) is 8.87. The maximum absolute atomic E-state index is 11.8. The van der Waals surface area contributed by atoms with Crippen LogP contribution in [-0.4, -0.2) is 38.1 Å². The number of benzene rings is 1. The zero-order valence-electron chi connectivity index (χ0n) is 10.5. The van der Waals surface area contributed by atoms with Gasteiger partial charge in [0.1, 0.15) is 11.4 Å². The molecule has 0 amide bonds. The lowest BCUT2D eigenvalue weighted by atomic mass is 10.1. The highest BCUT2D eigenvalue weighted by Gasteiger charge is 2.31. The van der Waals surface area contributed by atoms with Gasteiger partial charge in [0.15, 0.2) is 9.84 Å². The zero-order valence-corrected chi connectivity index (χ0v) is 12.2. The molecule has 1 atom stereocenters. The molecule has 0 radical (unpaired) electrons. The molecule has 5 nitrogen and oxygen atoms in total. The molecule has 7 heteroatoms. The van der Waals surface area contributed by atoms with Gasteiger partial charge in [-0.2, -0.15) is 17.0 Å². The van der Waals surface area contributed by atoms with Crippen LogP contribution in [-0.2, 0) is 9.84 Å². The molecule has 0 aromatic heterocycles. The quantitative estimate of drug-likeness (QED) is 0.821. The Morgan fingerprint density at radius 3 is 2.89 bits per heavy atom. The van der Waals surface area contributed by atoms with E-state index in [0.29, 0.717) is 23.5 Å². The molecule has 1 unspecified atom stereocenters. The molecule has 1 aromatic rings. The fourth-order valence-corrected chi connectivity index (χ4v) is 4.89. The van der Waals surface area contributed by atoms with Crippen LogP contribution in [0.25, 0.3) is 0 Å². The van der Waals surface area contributed by atoms with E-state index in [9.17, 15) is 8.42 Å². The van der Waals surface area contributed by atoms with Gasteiger partial charge in [0.2, 0.25) is 0 Å². The summed E-state index contributed by atoms with van der Waals surface area (Å²) in [5.74, 6) is 1.42. The number of anilines is 2. The maximum Gasteiger partial charge on any atom is 0.169 e. The van der Waals surface area contributed by atoms with Gasteiger partial charge in [-0.15, -0.1) is 0 Å². The average molecular weight is 297 g/mol. The monoisotopic (exact) mass is 297 g/mol. The highest BCUT2D eigenvalue weighted by molar-refractivity contribution is 8.01. The van der Waals surface area contributed by atoms with Crippen molar-refractivity contribution in [2.24, 2.45) is 0 Å². The minimum absolute atomic E-state index is 0.378. The summed E-state index contributed by atoms with van der Waals surface area (Å²) in [7, 11) is -3.16. The molecule has 0 aliphatic carbocycles. The summed E-state index contributed by atoms with van der Waals surface area (Å²) in [5, 5.41) is 8.46. The first-order valence-electron chi connectivity index (χ1n) is 5.76. The third-order valence-electron chi connectivity index (χ3n) is 3.07. The van der Waals surface area contributed by atoms with Gasteiger partial charge in [-0.3, -0.25) is 0 Å². The Bertz CT molecular complexity index is 622. The predicted octanol–water partition coefficient (Wildman–Crippen LogP) is 1.06. The van der Waals surface area contributed by atoms with Gasteiger partial charge in [0, 0.05) is 35.7 Å². The van der Waals surface area contributed by atoms with Gasteiger partial charge in [-0.1, -0.05) is 0 Å². The van der Waals surface area contributed by atoms with Crippen molar-refractivity contribution in [1.82, 2.24) is 0 Å². The van der Waals surface area contributed by atoms with E-state index >= 15 is 0 Å². The molecule has 1 saturated heterocycles. The molecule has 102 valence electrons. The molecule has 0 bridgehead atoms. The first kappa shape index (κ1) is 14.0. The van der Waals surface area contributed by atoms with Crippen molar-refractivity contribution in [3.05, 3.63) is 23.8 Å². The van der Waals surface area contributed by atoms with Crippen molar-refractivity contribution in [1.29, 1.82) is 5.26 Å². The third kappa shape index (κ3) is 2.96. The molecule has 0 spiro atoms. The summed E-state index contributed by atoms with van der Waals surface area (Å²) >= 11 is 1.63. The van der Waals surface area contributed by atoms with Crippen molar-refractivity contribution in [2.75, 3.05) is 34.9 Å². The Morgan fingerprint density at radius 2 is 2.26 bits per heavy atom. The summed E-state index contributed by atoms with van der Waals surface area (Å²) in [4.78, 5) is 1.84. The predicted molar refractivity (Wildman–Crippen MR) is 78.9 cm³/mol. The second-order valence-electron chi connectivity index (χ2n) is 4.44. The summed E-state index contributed by atoms with van der Waals surface area (Å²) < 4.78 is 23.7. The fraction of sp³-hybridized carbons (Fsp3) is 0.417. The van der Waals surface area contributed by atoms with E-state index in [1.54, 1.807) is 30.0 Å². The normalized spacial score (nSPS) is 20.0.